The Bertz CT molecular complexity index is 792. The van der Waals surface area contributed by atoms with Crippen LogP contribution in [0, 0.1) is 0 Å². The van der Waals surface area contributed by atoms with Crippen molar-refractivity contribution in [1.29, 1.82) is 0 Å². The Morgan fingerprint density at radius 3 is 2.66 bits per heavy atom. The molecule has 0 N–H and O–H groups in total. The van der Waals surface area contributed by atoms with Crippen molar-refractivity contribution in [3.8, 4) is 5.75 Å². The van der Waals surface area contributed by atoms with E-state index in [4.69, 9.17) is 9.47 Å². The number of carbonyl (C=O) groups is 1. The van der Waals surface area contributed by atoms with Crippen LogP contribution in [0.2, 0.25) is 0 Å². The van der Waals surface area contributed by atoms with Gasteiger partial charge < -0.3 is 14.4 Å². The summed E-state index contributed by atoms with van der Waals surface area (Å²) < 4.78 is 11.0. The maximum atomic E-state index is 11.8. The second-order valence-corrected chi connectivity index (χ2v) is 7.52. The first-order valence-corrected chi connectivity index (χ1v) is 10.4. The van der Waals surface area contributed by atoms with Crippen LogP contribution in [0.15, 0.2) is 42.6 Å². The topological polar surface area (TPSA) is 54.9 Å². The molecule has 6 nitrogen and oxygen atoms in total. The summed E-state index contributed by atoms with van der Waals surface area (Å²) in [6, 6.07) is 12.0. The Morgan fingerprint density at radius 1 is 1.10 bits per heavy atom. The molecule has 2 heterocycles. The summed E-state index contributed by atoms with van der Waals surface area (Å²) in [6.07, 6.45) is 2.84. The lowest BCUT2D eigenvalue weighted by atomic mass is 10.2. The zero-order valence-corrected chi connectivity index (χ0v) is 17.6. The summed E-state index contributed by atoms with van der Waals surface area (Å²) in [7, 11) is 0. The highest BCUT2D eigenvalue weighted by molar-refractivity contribution is 5.89. The number of benzene rings is 1. The number of esters is 1. The molecule has 1 fully saturated rings. The Morgan fingerprint density at radius 2 is 1.93 bits per heavy atom. The summed E-state index contributed by atoms with van der Waals surface area (Å²) in [5, 5.41) is 0. The van der Waals surface area contributed by atoms with Crippen molar-refractivity contribution in [2.75, 3.05) is 37.7 Å². The summed E-state index contributed by atoms with van der Waals surface area (Å²) in [5.41, 5.74) is 1.72. The molecule has 0 radical (unpaired) electrons. The van der Waals surface area contributed by atoms with E-state index in [2.05, 4.69) is 46.8 Å². The summed E-state index contributed by atoms with van der Waals surface area (Å²) >= 11 is 0. The van der Waals surface area contributed by atoms with Gasteiger partial charge in [-0.15, -0.1) is 0 Å². The molecule has 1 aliphatic rings. The fraction of sp³-hybridized carbons (Fsp3) is 0.478. The number of carbonyl (C=O) groups excluding carboxylic acids is 1. The van der Waals surface area contributed by atoms with Crippen molar-refractivity contribution in [3.63, 3.8) is 0 Å². The normalized spacial score (nSPS) is 15.2. The standard InChI is InChI=1S/C23H31N3O3/c1-4-28-23(27)19-10-11-22(24-16-19)26-13-7-12-25(14-15-26)17-20-8-5-6-9-21(20)29-18(2)3/h5-6,8-11,16,18H,4,7,12-15,17H2,1-3H3. The van der Waals surface area contributed by atoms with E-state index in [0.717, 1.165) is 50.7 Å². The molecule has 0 amide bonds. The number of pyridine rings is 1. The number of rotatable bonds is 7. The predicted molar refractivity (Wildman–Crippen MR) is 115 cm³/mol. The molecule has 1 saturated heterocycles. The van der Waals surface area contributed by atoms with Crippen LogP contribution in [0.4, 0.5) is 5.82 Å². The van der Waals surface area contributed by atoms with Crippen LogP contribution in [0.3, 0.4) is 0 Å². The van der Waals surface area contributed by atoms with Gasteiger partial charge in [0.05, 0.1) is 18.3 Å². The minimum atomic E-state index is -0.323. The van der Waals surface area contributed by atoms with Gasteiger partial charge >= 0.3 is 5.97 Å². The molecule has 1 aromatic heterocycles. The van der Waals surface area contributed by atoms with Gasteiger partial charge in [-0.3, -0.25) is 4.90 Å². The lowest BCUT2D eigenvalue weighted by Crippen LogP contribution is -2.31. The van der Waals surface area contributed by atoms with Crippen LogP contribution in [0.1, 0.15) is 43.1 Å². The minimum absolute atomic E-state index is 0.166. The van der Waals surface area contributed by atoms with Gasteiger partial charge in [0.2, 0.25) is 0 Å². The number of aromatic nitrogens is 1. The second-order valence-electron chi connectivity index (χ2n) is 7.52. The maximum absolute atomic E-state index is 11.8. The van der Waals surface area contributed by atoms with E-state index in [1.54, 1.807) is 19.2 Å². The number of hydrogen-bond acceptors (Lipinski definition) is 6. The van der Waals surface area contributed by atoms with Crippen molar-refractivity contribution in [3.05, 3.63) is 53.7 Å². The Balaban J connectivity index is 1.60. The van der Waals surface area contributed by atoms with Crippen LogP contribution in [-0.4, -0.2) is 54.7 Å². The van der Waals surface area contributed by atoms with Gasteiger partial charge in [0.1, 0.15) is 11.6 Å². The molecule has 0 aliphatic carbocycles. The van der Waals surface area contributed by atoms with Crippen LogP contribution in [-0.2, 0) is 11.3 Å². The van der Waals surface area contributed by atoms with Gasteiger partial charge in [-0.25, -0.2) is 9.78 Å². The van der Waals surface area contributed by atoms with Crippen molar-refractivity contribution >= 4 is 11.8 Å². The number of anilines is 1. The number of ether oxygens (including phenoxy) is 2. The predicted octanol–water partition coefficient (Wildman–Crippen LogP) is 3.76. The third kappa shape index (κ3) is 5.94. The first-order chi connectivity index (χ1) is 14.1. The van der Waals surface area contributed by atoms with Gasteiger partial charge in [-0.2, -0.15) is 0 Å². The van der Waals surface area contributed by atoms with Crippen molar-refractivity contribution in [1.82, 2.24) is 9.88 Å². The van der Waals surface area contributed by atoms with Gasteiger partial charge in [-0.05, 0) is 45.4 Å². The average molecular weight is 398 g/mol. The molecule has 0 spiro atoms. The molecule has 0 atom stereocenters. The molecule has 0 saturated carbocycles. The minimum Gasteiger partial charge on any atom is -0.491 e. The summed E-state index contributed by atoms with van der Waals surface area (Å²) in [6.45, 7) is 11.0. The van der Waals surface area contributed by atoms with Gasteiger partial charge in [0.25, 0.3) is 0 Å². The third-order valence-corrected chi connectivity index (χ3v) is 4.90. The molecule has 0 bridgehead atoms. The monoisotopic (exact) mass is 397 g/mol. The third-order valence-electron chi connectivity index (χ3n) is 4.90. The zero-order chi connectivity index (χ0) is 20.6. The lowest BCUT2D eigenvalue weighted by molar-refractivity contribution is 0.0526. The molecular formula is C23H31N3O3. The fourth-order valence-electron chi connectivity index (χ4n) is 3.51. The number of hydrogen-bond donors (Lipinski definition) is 0. The zero-order valence-electron chi connectivity index (χ0n) is 17.6. The molecule has 156 valence electrons. The molecule has 0 unspecified atom stereocenters. The van der Waals surface area contributed by atoms with E-state index in [0.29, 0.717) is 12.2 Å². The van der Waals surface area contributed by atoms with E-state index in [1.807, 2.05) is 12.1 Å². The Labute approximate surface area is 173 Å². The van der Waals surface area contributed by atoms with Gasteiger partial charge in [0, 0.05) is 44.5 Å². The summed E-state index contributed by atoms with van der Waals surface area (Å²) in [5.74, 6) is 1.55. The van der Waals surface area contributed by atoms with E-state index in [1.165, 1.54) is 5.56 Å². The van der Waals surface area contributed by atoms with Crippen LogP contribution in [0.25, 0.3) is 0 Å². The molecular weight excluding hydrogens is 366 g/mol. The van der Waals surface area contributed by atoms with E-state index in [-0.39, 0.29) is 12.1 Å². The van der Waals surface area contributed by atoms with Gasteiger partial charge in [-0.1, -0.05) is 18.2 Å². The largest absolute Gasteiger partial charge is 0.491 e. The van der Waals surface area contributed by atoms with Crippen molar-refractivity contribution in [2.45, 2.75) is 39.8 Å². The van der Waals surface area contributed by atoms with Crippen molar-refractivity contribution in [2.24, 2.45) is 0 Å². The smallest absolute Gasteiger partial charge is 0.339 e. The highest BCUT2D eigenvalue weighted by Crippen LogP contribution is 2.22. The van der Waals surface area contributed by atoms with Crippen LogP contribution in [0.5, 0.6) is 5.75 Å². The first-order valence-electron chi connectivity index (χ1n) is 10.4. The molecule has 1 aromatic carbocycles. The SMILES string of the molecule is CCOC(=O)c1ccc(N2CCCN(Cc3ccccc3OC(C)C)CC2)nc1. The number of para-hydroxylation sites is 1. The fourth-order valence-corrected chi connectivity index (χ4v) is 3.51. The first kappa shape index (κ1) is 21.1. The Kier molecular flexibility index (Phi) is 7.47. The van der Waals surface area contributed by atoms with Crippen LogP contribution >= 0.6 is 0 Å². The average Bonchev–Trinajstić information content (AvgIpc) is 2.95. The van der Waals surface area contributed by atoms with E-state index in [9.17, 15) is 4.79 Å². The molecule has 1 aliphatic heterocycles. The molecule has 29 heavy (non-hydrogen) atoms. The van der Waals surface area contributed by atoms with Gasteiger partial charge in [0.15, 0.2) is 0 Å². The van der Waals surface area contributed by atoms with Crippen LogP contribution < -0.4 is 9.64 Å². The van der Waals surface area contributed by atoms with E-state index >= 15 is 0 Å². The highest BCUT2D eigenvalue weighted by Gasteiger charge is 2.18. The molecule has 6 heteroatoms. The summed E-state index contributed by atoms with van der Waals surface area (Å²) in [4.78, 5) is 21.0. The quantitative estimate of drug-likeness (QED) is 0.663. The number of nitrogens with zero attached hydrogens (tertiary/aromatic N) is 3. The molecule has 3 rings (SSSR count). The van der Waals surface area contributed by atoms with E-state index < -0.39 is 0 Å². The second kappa shape index (κ2) is 10.3. The maximum Gasteiger partial charge on any atom is 0.339 e. The Hall–Kier alpha value is -2.60. The lowest BCUT2D eigenvalue weighted by Gasteiger charge is -2.24. The van der Waals surface area contributed by atoms with Crippen molar-refractivity contribution < 1.29 is 14.3 Å². The highest BCUT2D eigenvalue weighted by atomic mass is 16.5. The molecule has 2 aromatic rings.